The summed E-state index contributed by atoms with van der Waals surface area (Å²) in [6, 6.07) is 10.7. The van der Waals surface area contributed by atoms with E-state index in [0.717, 1.165) is 5.56 Å². The first-order valence-corrected chi connectivity index (χ1v) is 5.99. The van der Waals surface area contributed by atoms with Crippen molar-refractivity contribution in [3.05, 3.63) is 59.4 Å². The second-order valence-corrected chi connectivity index (χ2v) is 4.06. The number of hydrogen-bond donors (Lipinski definition) is 2. The van der Waals surface area contributed by atoms with E-state index in [1.165, 1.54) is 30.3 Å². The van der Waals surface area contributed by atoms with Crippen LogP contribution in [0.2, 0.25) is 0 Å². The third-order valence-electron chi connectivity index (χ3n) is 2.57. The maximum atomic E-state index is 13.6. The number of aliphatic hydroxyl groups excluding tert-OH is 1. The molecule has 0 aliphatic carbocycles. The highest BCUT2D eigenvalue weighted by Gasteiger charge is 2.04. The molecule has 2 aromatic carbocycles. The van der Waals surface area contributed by atoms with Crippen LogP contribution >= 0.6 is 0 Å². The van der Waals surface area contributed by atoms with Crippen molar-refractivity contribution in [2.75, 3.05) is 6.61 Å². The monoisotopic (exact) mass is 272 g/mol. The van der Waals surface area contributed by atoms with Crippen LogP contribution in [0.25, 0.3) is 0 Å². The normalized spacial score (nSPS) is 9.70. The standard InChI is InChI=1S/C16H13FO3/c17-15-8-5-12(2-1-9-18)10-16(15)20-11-13-3-6-14(19)7-4-13/h3-8,10,18-19H,9,11H2. The van der Waals surface area contributed by atoms with E-state index in [9.17, 15) is 4.39 Å². The first-order chi connectivity index (χ1) is 9.69. The number of hydrogen-bond acceptors (Lipinski definition) is 3. The molecule has 0 atom stereocenters. The van der Waals surface area contributed by atoms with E-state index >= 15 is 0 Å². The highest BCUT2D eigenvalue weighted by atomic mass is 19.1. The van der Waals surface area contributed by atoms with Crippen molar-refractivity contribution >= 4 is 0 Å². The Labute approximate surface area is 116 Å². The Morgan fingerprint density at radius 1 is 1.10 bits per heavy atom. The lowest BCUT2D eigenvalue weighted by molar-refractivity contribution is 0.290. The maximum absolute atomic E-state index is 13.6. The van der Waals surface area contributed by atoms with E-state index in [4.69, 9.17) is 14.9 Å². The molecule has 0 heterocycles. The summed E-state index contributed by atoms with van der Waals surface area (Å²) in [7, 11) is 0. The van der Waals surface area contributed by atoms with Gasteiger partial charge in [-0.2, -0.15) is 0 Å². The Hall–Kier alpha value is -2.51. The number of aromatic hydroxyl groups is 1. The van der Waals surface area contributed by atoms with E-state index in [2.05, 4.69) is 11.8 Å². The van der Waals surface area contributed by atoms with Gasteiger partial charge in [0.25, 0.3) is 0 Å². The van der Waals surface area contributed by atoms with Gasteiger partial charge in [0.05, 0.1) is 0 Å². The largest absolute Gasteiger partial charge is 0.508 e. The van der Waals surface area contributed by atoms with Crippen LogP contribution in [0.1, 0.15) is 11.1 Å². The smallest absolute Gasteiger partial charge is 0.165 e. The molecule has 102 valence electrons. The van der Waals surface area contributed by atoms with Crippen molar-refractivity contribution < 1.29 is 19.3 Å². The van der Waals surface area contributed by atoms with Crippen LogP contribution in [0, 0.1) is 17.7 Å². The lowest BCUT2D eigenvalue weighted by Crippen LogP contribution is -1.97. The fourth-order valence-electron chi connectivity index (χ4n) is 1.59. The van der Waals surface area contributed by atoms with Gasteiger partial charge in [-0.1, -0.05) is 24.0 Å². The number of benzene rings is 2. The Kier molecular flexibility index (Phi) is 4.59. The summed E-state index contributed by atoms with van der Waals surface area (Å²) in [4.78, 5) is 0. The molecule has 0 aromatic heterocycles. The summed E-state index contributed by atoms with van der Waals surface area (Å²) >= 11 is 0. The summed E-state index contributed by atoms with van der Waals surface area (Å²) in [6.45, 7) is -0.0604. The van der Waals surface area contributed by atoms with Gasteiger partial charge in [0.15, 0.2) is 11.6 Å². The van der Waals surface area contributed by atoms with Gasteiger partial charge in [0.1, 0.15) is 19.0 Å². The van der Waals surface area contributed by atoms with Crippen LogP contribution < -0.4 is 4.74 Å². The van der Waals surface area contributed by atoms with Crippen LogP contribution in [0.15, 0.2) is 42.5 Å². The van der Waals surface area contributed by atoms with Crippen molar-refractivity contribution in [2.45, 2.75) is 6.61 Å². The average Bonchev–Trinajstić information content (AvgIpc) is 2.46. The summed E-state index contributed by atoms with van der Waals surface area (Å²) < 4.78 is 19.0. The molecule has 0 aliphatic rings. The summed E-state index contributed by atoms with van der Waals surface area (Å²) in [5.41, 5.74) is 1.38. The molecule has 3 nitrogen and oxygen atoms in total. The molecule has 0 saturated heterocycles. The van der Waals surface area contributed by atoms with E-state index in [0.29, 0.717) is 5.56 Å². The van der Waals surface area contributed by atoms with Gasteiger partial charge in [-0.3, -0.25) is 0 Å². The van der Waals surface area contributed by atoms with Crippen LogP contribution in [-0.4, -0.2) is 16.8 Å². The topological polar surface area (TPSA) is 49.7 Å². The predicted molar refractivity (Wildman–Crippen MR) is 72.8 cm³/mol. The predicted octanol–water partition coefficient (Wildman–Crippen LogP) is 2.45. The molecule has 0 spiro atoms. The average molecular weight is 272 g/mol. The molecule has 0 fully saturated rings. The Morgan fingerprint density at radius 3 is 2.55 bits per heavy atom. The van der Waals surface area contributed by atoms with Crippen molar-refractivity contribution in [3.8, 4) is 23.3 Å². The Balaban J connectivity index is 2.10. The van der Waals surface area contributed by atoms with Crippen LogP contribution in [-0.2, 0) is 6.61 Å². The number of aliphatic hydroxyl groups is 1. The van der Waals surface area contributed by atoms with E-state index < -0.39 is 5.82 Å². The maximum Gasteiger partial charge on any atom is 0.165 e. The summed E-state index contributed by atoms with van der Waals surface area (Å²) in [6.07, 6.45) is 0. The minimum Gasteiger partial charge on any atom is -0.508 e. The SMILES string of the molecule is OCC#Cc1ccc(F)c(OCc2ccc(O)cc2)c1. The molecule has 0 unspecified atom stereocenters. The lowest BCUT2D eigenvalue weighted by Gasteiger charge is -2.08. The minimum absolute atomic E-state index is 0.0998. The third-order valence-corrected chi connectivity index (χ3v) is 2.57. The number of rotatable bonds is 3. The van der Waals surface area contributed by atoms with Crippen molar-refractivity contribution in [3.63, 3.8) is 0 Å². The van der Waals surface area contributed by atoms with Crippen LogP contribution in [0.5, 0.6) is 11.5 Å². The second kappa shape index (κ2) is 6.60. The third kappa shape index (κ3) is 3.74. The van der Waals surface area contributed by atoms with E-state index in [-0.39, 0.29) is 24.7 Å². The van der Waals surface area contributed by atoms with Crippen molar-refractivity contribution in [1.29, 1.82) is 0 Å². The van der Waals surface area contributed by atoms with Gasteiger partial charge >= 0.3 is 0 Å². The van der Waals surface area contributed by atoms with Gasteiger partial charge in [0.2, 0.25) is 0 Å². The fourth-order valence-corrected chi connectivity index (χ4v) is 1.59. The molecule has 2 N–H and O–H groups in total. The van der Waals surface area contributed by atoms with E-state index in [1.54, 1.807) is 12.1 Å². The highest BCUT2D eigenvalue weighted by molar-refractivity contribution is 5.40. The molecular weight excluding hydrogens is 259 g/mol. The zero-order valence-electron chi connectivity index (χ0n) is 10.6. The minimum atomic E-state index is -0.474. The molecule has 4 heteroatoms. The van der Waals surface area contributed by atoms with Crippen LogP contribution in [0.4, 0.5) is 4.39 Å². The molecule has 2 rings (SSSR count). The molecule has 0 saturated carbocycles. The van der Waals surface area contributed by atoms with Gasteiger partial charge < -0.3 is 14.9 Å². The van der Waals surface area contributed by atoms with Crippen molar-refractivity contribution in [1.82, 2.24) is 0 Å². The molecule has 20 heavy (non-hydrogen) atoms. The quantitative estimate of drug-likeness (QED) is 0.844. The van der Waals surface area contributed by atoms with Gasteiger partial charge in [0, 0.05) is 5.56 Å². The summed E-state index contributed by atoms with van der Waals surface area (Å²) in [5, 5.41) is 17.8. The fraction of sp³-hybridized carbons (Fsp3) is 0.125. The number of phenols is 1. The van der Waals surface area contributed by atoms with Gasteiger partial charge in [-0.05, 0) is 35.9 Å². The van der Waals surface area contributed by atoms with Gasteiger partial charge in [-0.25, -0.2) is 4.39 Å². The summed E-state index contributed by atoms with van der Waals surface area (Å²) in [5.74, 6) is 4.97. The molecule has 0 radical (unpaired) electrons. The number of halogens is 1. The molecule has 0 bridgehead atoms. The number of phenolic OH excluding ortho intramolecular Hbond substituents is 1. The zero-order valence-corrected chi connectivity index (χ0v) is 10.6. The molecular formula is C16H13FO3. The first kappa shape index (κ1) is 13.9. The van der Waals surface area contributed by atoms with E-state index in [1.807, 2.05) is 0 Å². The van der Waals surface area contributed by atoms with Crippen molar-refractivity contribution in [2.24, 2.45) is 0 Å². The van der Waals surface area contributed by atoms with Gasteiger partial charge in [-0.15, -0.1) is 0 Å². The second-order valence-electron chi connectivity index (χ2n) is 4.06. The first-order valence-electron chi connectivity index (χ1n) is 5.99. The molecule has 2 aromatic rings. The highest BCUT2D eigenvalue weighted by Crippen LogP contribution is 2.20. The van der Waals surface area contributed by atoms with Crippen LogP contribution in [0.3, 0.4) is 0 Å². The lowest BCUT2D eigenvalue weighted by atomic mass is 10.2. The Bertz CT molecular complexity index is 639. The zero-order chi connectivity index (χ0) is 14.4. The molecule has 0 amide bonds. The number of ether oxygens (including phenoxy) is 1. The molecule has 0 aliphatic heterocycles. The Morgan fingerprint density at radius 2 is 1.85 bits per heavy atom.